The summed E-state index contributed by atoms with van der Waals surface area (Å²) in [7, 11) is 1.33. The van der Waals surface area contributed by atoms with E-state index in [2.05, 4.69) is 5.32 Å². The Morgan fingerprint density at radius 1 is 1.00 bits per heavy atom. The standard InChI is InChI=1S/C24H26N2O3.ClH/c1-15(2)13-22(24(28)29-3)26-23(27)20-12-11-17(25)14-21(20)19-10-6-8-16-7-4-5-9-18(16)19;/h4-12,14-15,22H,13,25H2,1-3H3,(H,26,27);1H/t22-;/m0./s1. The van der Waals surface area contributed by atoms with Crippen molar-refractivity contribution in [2.24, 2.45) is 5.92 Å². The van der Waals surface area contributed by atoms with Gasteiger partial charge in [0.25, 0.3) is 5.91 Å². The Kier molecular flexibility index (Phi) is 7.84. The zero-order valence-corrected chi connectivity index (χ0v) is 18.2. The van der Waals surface area contributed by atoms with Gasteiger partial charge in [0.05, 0.1) is 7.11 Å². The van der Waals surface area contributed by atoms with Crippen molar-refractivity contribution in [3.63, 3.8) is 0 Å². The van der Waals surface area contributed by atoms with E-state index in [-0.39, 0.29) is 24.2 Å². The number of carbonyl (C=O) groups excluding carboxylic acids is 2. The summed E-state index contributed by atoms with van der Waals surface area (Å²) >= 11 is 0. The Morgan fingerprint density at radius 3 is 2.40 bits per heavy atom. The Bertz CT molecular complexity index is 1040. The Balaban J connectivity index is 0.00000320. The van der Waals surface area contributed by atoms with E-state index in [4.69, 9.17) is 10.5 Å². The molecule has 0 aliphatic rings. The molecule has 3 N–H and O–H groups in total. The number of nitrogen functional groups attached to an aromatic ring is 1. The van der Waals surface area contributed by atoms with Crippen molar-refractivity contribution in [1.29, 1.82) is 0 Å². The number of anilines is 1. The molecule has 0 saturated carbocycles. The second-order valence-electron chi connectivity index (χ2n) is 7.51. The molecule has 0 bridgehead atoms. The van der Waals surface area contributed by atoms with Crippen molar-refractivity contribution in [3.8, 4) is 11.1 Å². The summed E-state index contributed by atoms with van der Waals surface area (Å²) in [5.74, 6) is -0.554. The minimum Gasteiger partial charge on any atom is -0.467 e. The number of carbonyl (C=O) groups is 2. The fourth-order valence-corrected chi connectivity index (χ4v) is 3.51. The lowest BCUT2D eigenvalue weighted by Crippen LogP contribution is -2.42. The molecule has 0 unspecified atom stereocenters. The van der Waals surface area contributed by atoms with Crippen LogP contribution in [0.5, 0.6) is 0 Å². The summed E-state index contributed by atoms with van der Waals surface area (Å²) in [6.45, 7) is 3.99. The molecule has 30 heavy (non-hydrogen) atoms. The first-order valence-electron chi connectivity index (χ1n) is 9.67. The molecule has 0 aliphatic heterocycles. The van der Waals surface area contributed by atoms with E-state index in [0.29, 0.717) is 17.7 Å². The number of benzene rings is 3. The van der Waals surface area contributed by atoms with Crippen molar-refractivity contribution < 1.29 is 14.3 Å². The van der Waals surface area contributed by atoms with Crippen LogP contribution in [0.3, 0.4) is 0 Å². The molecule has 1 atom stereocenters. The molecule has 158 valence electrons. The number of nitrogens with one attached hydrogen (secondary N) is 1. The van der Waals surface area contributed by atoms with Crippen molar-refractivity contribution in [1.82, 2.24) is 5.32 Å². The zero-order chi connectivity index (χ0) is 21.0. The van der Waals surface area contributed by atoms with Gasteiger partial charge in [-0.05, 0) is 52.4 Å². The highest BCUT2D eigenvalue weighted by atomic mass is 35.5. The van der Waals surface area contributed by atoms with E-state index in [1.807, 2.05) is 56.3 Å². The van der Waals surface area contributed by atoms with E-state index in [0.717, 1.165) is 21.9 Å². The molecular weight excluding hydrogens is 400 g/mol. The number of hydrogen-bond acceptors (Lipinski definition) is 4. The molecule has 3 aromatic rings. The predicted molar refractivity (Wildman–Crippen MR) is 124 cm³/mol. The highest BCUT2D eigenvalue weighted by molar-refractivity contribution is 6.07. The van der Waals surface area contributed by atoms with E-state index in [1.165, 1.54) is 7.11 Å². The second kappa shape index (κ2) is 10.1. The lowest BCUT2D eigenvalue weighted by Gasteiger charge is -2.20. The van der Waals surface area contributed by atoms with Crippen LogP contribution in [-0.2, 0) is 9.53 Å². The highest BCUT2D eigenvalue weighted by Crippen LogP contribution is 2.32. The summed E-state index contributed by atoms with van der Waals surface area (Å²) in [6, 6.07) is 18.4. The Hall–Kier alpha value is -3.05. The van der Waals surface area contributed by atoms with Gasteiger partial charge < -0.3 is 15.8 Å². The van der Waals surface area contributed by atoms with Gasteiger partial charge in [0.15, 0.2) is 0 Å². The minimum atomic E-state index is -0.703. The van der Waals surface area contributed by atoms with Gasteiger partial charge in [-0.1, -0.05) is 56.3 Å². The number of esters is 1. The summed E-state index contributed by atoms with van der Waals surface area (Å²) < 4.78 is 4.87. The van der Waals surface area contributed by atoms with Crippen molar-refractivity contribution in [3.05, 3.63) is 66.2 Å². The van der Waals surface area contributed by atoms with Crippen molar-refractivity contribution >= 4 is 40.7 Å². The molecule has 0 radical (unpaired) electrons. The average molecular weight is 427 g/mol. The molecule has 5 nitrogen and oxygen atoms in total. The molecule has 3 aromatic carbocycles. The average Bonchev–Trinajstić information content (AvgIpc) is 2.71. The van der Waals surface area contributed by atoms with Gasteiger partial charge in [0.1, 0.15) is 6.04 Å². The van der Waals surface area contributed by atoms with Crippen LogP contribution in [-0.4, -0.2) is 25.0 Å². The van der Waals surface area contributed by atoms with Gasteiger partial charge in [-0.15, -0.1) is 12.4 Å². The molecule has 0 spiro atoms. The van der Waals surface area contributed by atoms with Gasteiger partial charge in [-0.2, -0.15) is 0 Å². The largest absolute Gasteiger partial charge is 0.467 e. The quantitative estimate of drug-likeness (QED) is 0.437. The number of hydrogen-bond donors (Lipinski definition) is 2. The normalized spacial score (nSPS) is 11.6. The van der Waals surface area contributed by atoms with Gasteiger partial charge in [0.2, 0.25) is 0 Å². The third-order valence-corrected chi connectivity index (χ3v) is 4.87. The van der Waals surface area contributed by atoms with Crippen LogP contribution >= 0.6 is 12.4 Å². The van der Waals surface area contributed by atoms with Crippen LogP contribution in [0, 0.1) is 5.92 Å². The van der Waals surface area contributed by atoms with E-state index in [9.17, 15) is 9.59 Å². The number of fused-ring (bicyclic) bond motifs is 1. The highest BCUT2D eigenvalue weighted by Gasteiger charge is 2.24. The Labute approximate surface area is 183 Å². The van der Waals surface area contributed by atoms with E-state index in [1.54, 1.807) is 18.2 Å². The first-order valence-corrected chi connectivity index (χ1v) is 9.67. The van der Waals surface area contributed by atoms with Crippen LogP contribution in [0.4, 0.5) is 5.69 Å². The molecule has 0 heterocycles. The van der Waals surface area contributed by atoms with Gasteiger partial charge in [0, 0.05) is 11.3 Å². The fraction of sp³-hybridized carbons (Fsp3) is 0.250. The van der Waals surface area contributed by atoms with E-state index < -0.39 is 12.0 Å². The SMILES string of the molecule is COC(=O)[C@H](CC(C)C)NC(=O)c1ccc(N)cc1-c1cccc2ccccc12.Cl. The number of methoxy groups -OCH3 is 1. The number of nitrogens with two attached hydrogens (primary N) is 1. The molecule has 0 saturated heterocycles. The number of amides is 1. The van der Waals surface area contributed by atoms with Gasteiger partial charge in [-0.25, -0.2) is 4.79 Å². The van der Waals surface area contributed by atoms with E-state index >= 15 is 0 Å². The topological polar surface area (TPSA) is 81.4 Å². The number of halogens is 1. The zero-order valence-electron chi connectivity index (χ0n) is 17.3. The van der Waals surface area contributed by atoms with Gasteiger partial charge >= 0.3 is 5.97 Å². The maximum Gasteiger partial charge on any atom is 0.328 e. The smallest absolute Gasteiger partial charge is 0.328 e. The fourth-order valence-electron chi connectivity index (χ4n) is 3.51. The van der Waals surface area contributed by atoms with Crippen LogP contribution in [0.25, 0.3) is 21.9 Å². The first-order chi connectivity index (χ1) is 13.9. The monoisotopic (exact) mass is 426 g/mol. The molecule has 6 heteroatoms. The summed E-state index contributed by atoms with van der Waals surface area (Å²) in [4.78, 5) is 25.3. The summed E-state index contributed by atoms with van der Waals surface area (Å²) in [5, 5.41) is 4.94. The second-order valence-corrected chi connectivity index (χ2v) is 7.51. The minimum absolute atomic E-state index is 0. The van der Waals surface area contributed by atoms with Crippen LogP contribution < -0.4 is 11.1 Å². The molecule has 3 rings (SSSR count). The molecule has 1 amide bonds. The summed E-state index contributed by atoms with van der Waals surface area (Å²) in [6.07, 6.45) is 0.497. The third-order valence-electron chi connectivity index (χ3n) is 4.87. The third kappa shape index (κ3) is 5.10. The number of ether oxygens (including phenoxy) is 1. The lowest BCUT2D eigenvalue weighted by atomic mass is 9.93. The van der Waals surface area contributed by atoms with Crippen molar-refractivity contribution in [2.75, 3.05) is 12.8 Å². The first kappa shape index (κ1) is 23.2. The maximum absolute atomic E-state index is 13.1. The Morgan fingerprint density at radius 2 is 1.70 bits per heavy atom. The van der Waals surface area contributed by atoms with Crippen LogP contribution in [0.1, 0.15) is 30.6 Å². The lowest BCUT2D eigenvalue weighted by molar-refractivity contribution is -0.143. The maximum atomic E-state index is 13.1. The van der Waals surface area contributed by atoms with Crippen LogP contribution in [0.15, 0.2) is 60.7 Å². The van der Waals surface area contributed by atoms with Gasteiger partial charge in [-0.3, -0.25) is 4.79 Å². The van der Waals surface area contributed by atoms with Crippen LogP contribution in [0.2, 0.25) is 0 Å². The molecule has 0 fully saturated rings. The molecule has 0 aromatic heterocycles. The summed E-state index contributed by atoms with van der Waals surface area (Å²) in [5.41, 5.74) is 8.72. The molecule has 0 aliphatic carbocycles. The van der Waals surface area contributed by atoms with Crippen molar-refractivity contribution in [2.45, 2.75) is 26.3 Å². The predicted octanol–water partition coefficient (Wildman–Crippen LogP) is 4.83. The number of rotatable bonds is 6. The molecular formula is C24H27ClN2O3.